The molecule has 1 unspecified atom stereocenters. The zero-order valence-electron chi connectivity index (χ0n) is 16.8. The second-order valence-electron chi connectivity index (χ2n) is 7.93. The van der Waals surface area contributed by atoms with Crippen molar-refractivity contribution in [3.63, 3.8) is 0 Å². The van der Waals surface area contributed by atoms with Gasteiger partial charge in [0, 0.05) is 36.3 Å². The van der Waals surface area contributed by atoms with Crippen LogP contribution in [0.1, 0.15) is 61.8 Å². The van der Waals surface area contributed by atoms with Crippen LogP contribution in [-0.2, 0) is 19.5 Å². The predicted octanol–water partition coefficient (Wildman–Crippen LogP) is 5.36. The van der Waals surface area contributed by atoms with Gasteiger partial charge in [-0.15, -0.1) is 0 Å². The van der Waals surface area contributed by atoms with Crippen molar-refractivity contribution < 1.29 is 0 Å². The summed E-state index contributed by atoms with van der Waals surface area (Å²) in [7, 11) is 0. The number of rotatable bonds is 7. The van der Waals surface area contributed by atoms with Crippen molar-refractivity contribution in [3.8, 4) is 0 Å². The predicted molar refractivity (Wildman–Crippen MR) is 117 cm³/mol. The largest absolute Gasteiger partial charge is 0.347 e. The summed E-state index contributed by atoms with van der Waals surface area (Å²) in [6.45, 7) is 3.81. The molecule has 1 N–H and O–H groups in total. The summed E-state index contributed by atoms with van der Waals surface area (Å²) in [5.41, 5.74) is 4.94. The van der Waals surface area contributed by atoms with E-state index in [4.69, 9.17) is 0 Å². The van der Waals surface area contributed by atoms with Gasteiger partial charge in [0.05, 0.1) is 5.52 Å². The van der Waals surface area contributed by atoms with Gasteiger partial charge in [0.25, 0.3) is 0 Å². The third-order valence-electron chi connectivity index (χ3n) is 5.97. The third kappa shape index (κ3) is 3.90. The lowest BCUT2D eigenvalue weighted by molar-refractivity contribution is 0.457. The molecule has 0 saturated heterocycles. The molecular formula is C25H30N2O. The van der Waals surface area contributed by atoms with Crippen molar-refractivity contribution in [1.82, 2.24) is 9.88 Å². The molecule has 1 aliphatic carbocycles. The van der Waals surface area contributed by atoms with Crippen molar-refractivity contribution in [1.29, 1.82) is 0 Å². The molecule has 1 aromatic heterocycles. The highest BCUT2D eigenvalue weighted by molar-refractivity contribution is 5.79. The molecule has 0 amide bonds. The molecule has 4 rings (SSSR count). The maximum atomic E-state index is 13.1. The Kier molecular flexibility index (Phi) is 5.92. The molecule has 28 heavy (non-hydrogen) atoms. The van der Waals surface area contributed by atoms with E-state index < -0.39 is 0 Å². The van der Waals surface area contributed by atoms with Gasteiger partial charge in [-0.05, 0) is 48.9 Å². The highest BCUT2D eigenvalue weighted by Crippen LogP contribution is 2.29. The van der Waals surface area contributed by atoms with Crippen LogP contribution in [0, 0.1) is 0 Å². The molecule has 146 valence electrons. The molecule has 0 radical (unpaired) electrons. The van der Waals surface area contributed by atoms with E-state index >= 15 is 0 Å². The molecule has 0 aliphatic heterocycles. The molecule has 0 fully saturated rings. The Morgan fingerprint density at radius 2 is 1.89 bits per heavy atom. The maximum Gasteiger partial charge on any atom is 0.193 e. The topological polar surface area (TPSA) is 34.0 Å². The van der Waals surface area contributed by atoms with Crippen LogP contribution in [0.4, 0.5) is 0 Å². The fourth-order valence-corrected chi connectivity index (χ4v) is 4.45. The lowest BCUT2D eigenvalue weighted by Gasteiger charge is -2.26. The quantitative estimate of drug-likeness (QED) is 0.565. The second kappa shape index (κ2) is 8.74. The van der Waals surface area contributed by atoms with Crippen LogP contribution in [0.3, 0.4) is 0 Å². The fourth-order valence-electron chi connectivity index (χ4n) is 4.45. The van der Waals surface area contributed by atoms with Crippen LogP contribution in [-0.4, -0.2) is 4.57 Å². The van der Waals surface area contributed by atoms with E-state index in [2.05, 4.69) is 53.3 Å². The minimum atomic E-state index is 0.166. The Labute approximate surface area is 167 Å². The second-order valence-corrected chi connectivity index (χ2v) is 7.93. The number of para-hydroxylation sites is 1. The monoisotopic (exact) mass is 374 g/mol. The number of aryl methyl sites for hydroxylation is 2. The highest BCUT2D eigenvalue weighted by atomic mass is 16.1. The number of hydrogen-bond acceptors (Lipinski definition) is 2. The van der Waals surface area contributed by atoms with Gasteiger partial charge in [-0.1, -0.05) is 56.2 Å². The summed E-state index contributed by atoms with van der Waals surface area (Å²) in [6.07, 6.45) is 9.15. The SMILES string of the molecule is CCCCCn1cc(CNC2CCCc3ccccc32)c(=O)c2ccccc21. The van der Waals surface area contributed by atoms with Crippen LogP contribution >= 0.6 is 0 Å². The van der Waals surface area contributed by atoms with E-state index in [9.17, 15) is 4.79 Å². The summed E-state index contributed by atoms with van der Waals surface area (Å²) < 4.78 is 2.28. The molecule has 0 bridgehead atoms. The first-order valence-corrected chi connectivity index (χ1v) is 10.7. The number of unbranched alkanes of at least 4 members (excludes halogenated alkanes) is 2. The molecule has 1 heterocycles. The Morgan fingerprint density at radius 3 is 2.79 bits per heavy atom. The number of fused-ring (bicyclic) bond motifs is 2. The zero-order chi connectivity index (χ0) is 19.3. The number of hydrogen-bond donors (Lipinski definition) is 1. The van der Waals surface area contributed by atoms with Crippen LogP contribution in [0.5, 0.6) is 0 Å². The average molecular weight is 375 g/mol. The fraction of sp³-hybridized carbons (Fsp3) is 0.400. The molecule has 0 saturated carbocycles. The van der Waals surface area contributed by atoms with Gasteiger partial charge in [-0.25, -0.2) is 0 Å². The Balaban J connectivity index is 1.60. The molecule has 1 atom stereocenters. The van der Waals surface area contributed by atoms with Crippen LogP contribution in [0.2, 0.25) is 0 Å². The van der Waals surface area contributed by atoms with Gasteiger partial charge < -0.3 is 9.88 Å². The lowest BCUT2D eigenvalue weighted by Crippen LogP contribution is -2.28. The van der Waals surface area contributed by atoms with E-state index in [1.807, 2.05) is 18.2 Å². The van der Waals surface area contributed by atoms with Gasteiger partial charge in [-0.2, -0.15) is 0 Å². The first-order valence-electron chi connectivity index (χ1n) is 10.7. The summed E-state index contributed by atoms with van der Waals surface area (Å²) in [4.78, 5) is 13.1. The first kappa shape index (κ1) is 18.9. The van der Waals surface area contributed by atoms with Crippen molar-refractivity contribution in [3.05, 3.63) is 81.6 Å². The minimum Gasteiger partial charge on any atom is -0.347 e. The van der Waals surface area contributed by atoms with Gasteiger partial charge in [0.15, 0.2) is 5.43 Å². The van der Waals surface area contributed by atoms with Gasteiger partial charge in [0.1, 0.15) is 0 Å². The third-order valence-corrected chi connectivity index (χ3v) is 5.97. The number of aromatic nitrogens is 1. The van der Waals surface area contributed by atoms with E-state index in [0.717, 1.165) is 42.3 Å². The number of nitrogens with one attached hydrogen (secondary N) is 1. The number of pyridine rings is 1. The van der Waals surface area contributed by atoms with Crippen molar-refractivity contribution in [2.75, 3.05) is 0 Å². The van der Waals surface area contributed by atoms with E-state index in [-0.39, 0.29) is 5.43 Å². The molecule has 3 nitrogen and oxygen atoms in total. The summed E-state index contributed by atoms with van der Waals surface area (Å²) >= 11 is 0. The Hall–Kier alpha value is -2.39. The zero-order valence-corrected chi connectivity index (χ0v) is 16.8. The minimum absolute atomic E-state index is 0.166. The highest BCUT2D eigenvalue weighted by Gasteiger charge is 2.19. The van der Waals surface area contributed by atoms with E-state index in [1.54, 1.807) is 0 Å². The normalized spacial score (nSPS) is 16.2. The summed E-state index contributed by atoms with van der Waals surface area (Å²) in [5.74, 6) is 0. The van der Waals surface area contributed by atoms with E-state index in [0.29, 0.717) is 12.6 Å². The van der Waals surface area contributed by atoms with Crippen molar-refractivity contribution in [2.45, 2.75) is 64.6 Å². The number of nitrogens with zero attached hydrogens (tertiary/aromatic N) is 1. The Morgan fingerprint density at radius 1 is 1.07 bits per heavy atom. The first-order chi connectivity index (χ1) is 13.8. The van der Waals surface area contributed by atoms with Gasteiger partial charge >= 0.3 is 0 Å². The van der Waals surface area contributed by atoms with Crippen LogP contribution in [0.15, 0.2) is 59.5 Å². The van der Waals surface area contributed by atoms with Crippen LogP contribution < -0.4 is 10.7 Å². The number of benzene rings is 2. The summed E-state index contributed by atoms with van der Waals surface area (Å²) in [6, 6.07) is 17.1. The van der Waals surface area contributed by atoms with E-state index in [1.165, 1.54) is 30.4 Å². The standard InChI is InChI=1S/C25H30N2O/c1-2-3-8-16-27-18-20(25(28)22-13-6-7-15-24(22)27)17-26-23-14-9-11-19-10-4-5-12-21(19)23/h4-7,10,12-13,15,18,23,26H,2-3,8-9,11,14,16-17H2,1H3. The molecule has 0 spiro atoms. The van der Waals surface area contributed by atoms with Crippen molar-refractivity contribution >= 4 is 10.9 Å². The van der Waals surface area contributed by atoms with Gasteiger partial charge in [-0.3, -0.25) is 4.79 Å². The Bertz CT molecular complexity index is 1000. The molecule has 3 heteroatoms. The van der Waals surface area contributed by atoms with Gasteiger partial charge in [0.2, 0.25) is 0 Å². The average Bonchev–Trinajstić information content (AvgIpc) is 2.74. The summed E-state index contributed by atoms with van der Waals surface area (Å²) in [5, 5.41) is 4.52. The van der Waals surface area contributed by atoms with Crippen molar-refractivity contribution in [2.24, 2.45) is 0 Å². The smallest absolute Gasteiger partial charge is 0.193 e. The molecule has 3 aromatic rings. The van der Waals surface area contributed by atoms with Crippen LogP contribution in [0.25, 0.3) is 10.9 Å². The molecule has 1 aliphatic rings. The molecular weight excluding hydrogens is 344 g/mol. The lowest BCUT2D eigenvalue weighted by atomic mass is 9.87. The maximum absolute atomic E-state index is 13.1. The molecule has 2 aromatic carbocycles.